The molecule has 0 fully saturated rings. The molecule has 24 heavy (non-hydrogen) atoms. The minimum Gasteiger partial charge on any atom is -0.493 e. The monoisotopic (exact) mass is 324 g/mol. The number of anilines is 1. The van der Waals surface area contributed by atoms with Crippen LogP contribution in [0.5, 0.6) is 5.75 Å². The Morgan fingerprint density at radius 1 is 1.21 bits per heavy atom. The van der Waals surface area contributed by atoms with Gasteiger partial charge in [0.15, 0.2) is 0 Å². The molecule has 0 saturated heterocycles. The number of hydrogen-bond acceptors (Lipinski definition) is 4. The lowest BCUT2D eigenvalue weighted by Crippen LogP contribution is -2.15. The normalized spacial score (nSPS) is 10.8. The molecule has 6 heteroatoms. The number of nitrogens with zero attached hydrogens (tertiary/aromatic N) is 2. The molecule has 0 radical (unpaired) electrons. The number of benzene rings is 1. The number of hydrogen-bond donors (Lipinski definition) is 2. The smallest absolute Gasteiger partial charge is 0.256 e. The maximum absolute atomic E-state index is 12.5. The Morgan fingerprint density at radius 3 is 2.67 bits per heavy atom. The highest BCUT2D eigenvalue weighted by atomic mass is 16.5. The summed E-state index contributed by atoms with van der Waals surface area (Å²) in [7, 11) is 0. The number of imidazole rings is 1. The predicted molar refractivity (Wildman–Crippen MR) is 94.1 cm³/mol. The van der Waals surface area contributed by atoms with E-state index in [2.05, 4.69) is 9.97 Å². The van der Waals surface area contributed by atoms with Gasteiger partial charge in [0.1, 0.15) is 5.75 Å². The van der Waals surface area contributed by atoms with E-state index in [1.54, 1.807) is 6.20 Å². The number of aromatic nitrogens is 3. The van der Waals surface area contributed by atoms with Crippen molar-refractivity contribution in [2.75, 3.05) is 12.3 Å². The van der Waals surface area contributed by atoms with Crippen LogP contribution in [-0.2, 0) is 6.54 Å². The molecule has 0 saturated carbocycles. The molecule has 0 bridgehead atoms. The second kappa shape index (κ2) is 6.62. The zero-order valence-corrected chi connectivity index (χ0v) is 13.7. The van der Waals surface area contributed by atoms with Crippen LogP contribution in [0, 0.1) is 6.92 Å². The maximum atomic E-state index is 12.5. The molecule has 0 spiro atoms. The van der Waals surface area contributed by atoms with Crippen LogP contribution in [0.2, 0.25) is 0 Å². The number of para-hydroxylation sites is 1. The average molecular weight is 324 g/mol. The number of aryl methyl sites for hydroxylation is 1. The van der Waals surface area contributed by atoms with Crippen LogP contribution in [0.4, 0.5) is 5.95 Å². The third kappa shape index (κ3) is 3.03. The number of H-pyrrole nitrogens is 1. The van der Waals surface area contributed by atoms with Gasteiger partial charge in [-0.1, -0.05) is 18.2 Å². The van der Waals surface area contributed by atoms with Gasteiger partial charge in [-0.25, -0.2) is 4.98 Å². The van der Waals surface area contributed by atoms with Crippen LogP contribution in [0.15, 0.2) is 47.4 Å². The molecule has 2 heterocycles. The summed E-state index contributed by atoms with van der Waals surface area (Å²) in [5.74, 6) is 1.13. The van der Waals surface area contributed by atoms with E-state index >= 15 is 0 Å². The molecule has 0 aliphatic heterocycles. The van der Waals surface area contributed by atoms with E-state index in [-0.39, 0.29) is 5.56 Å². The van der Waals surface area contributed by atoms with Crippen molar-refractivity contribution in [2.24, 2.45) is 0 Å². The first kappa shape index (κ1) is 15.9. The Hall–Kier alpha value is -3.02. The number of aromatic amines is 1. The first-order chi connectivity index (χ1) is 11.6. The number of nitrogens with one attached hydrogen (secondary N) is 1. The van der Waals surface area contributed by atoms with Gasteiger partial charge in [0.05, 0.1) is 24.9 Å². The van der Waals surface area contributed by atoms with E-state index in [0.717, 1.165) is 17.0 Å². The van der Waals surface area contributed by atoms with Gasteiger partial charge in [-0.05, 0) is 32.0 Å². The SMILES string of the molecule is CCOc1ccccc1-c1ccc(Cn2c(C)cnc2N)[nH]c1=O. The average Bonchev–Trinajstić information content (AvgIpc) is 2.88. The second-order valence-corrected chi connectivity index (χ2v) is 5.50. The molecule has 0 aliphatic carbocycles. The second-order valence-electron chi connectivity index (χ2n) is 5.50. The van der Waals surface area contributed by atoms with Crippen molar-refractivity contribution in [3.63, 3.8) is 0 Å². The zero-order valence-electron chi connectivity index (χ0n) is 13.7. The highest BCUT2D eigenvalue weighted by molar-refractivity contribution is 5.69. The van der Waals surface area contributed by atoms with Gasteiger partial charge in [-0.2, -0.15) is 0 Å². The van der Waals surface area contributed by atoms with Crippen LogP contribution in [0.3, 0.4) is 0 Å². The summed E-state index contributed by atoms with van der Waals surface area (Å²) in [6.45, 7) is 4.86. The van der Waals surface area contributed by atoms with Crippen molar-refractivity contribution in [1.29, 1.82) is 0 Å². The molecule has 3 aromatic rings. The van der Waals surface area contributed by atoms with Crippen molar-refractivity contribution in [3.8, 4) is 16.9 Å². The number of ether oxygens (including phenoxy) is 1. The van der Waals surface area contributed by atoms with Gasteiger partial charge in [0.2, 0.25) is 5.95 Å². The highest BCUT2D eigenvalue weighted by Crippen LogP contribution is 2.27. The van der Waals surface area contributed by atoms with Crippen LogP contribution in [-0.4, -0.2) is 21.1 Å². The minimum absolute atomic E-state index is 0.156. The molecule has 2 aromatic heterocycles. The van der Waals surface area contributed by atoms with Crippen molar-refractivity contribution in [2.45, 2.75) is 20.4 Å². The molecule has 3 rings (SSSR count). The molecule has 0 atom stereocenters. The van der Waals surface area contributed by atoms with Gasteiger partial charge < -0.3 is 20.0 Å². The number of pyridine rings is 1. The largest absolute Gasteiger partial charge is 0.493 e. The van der Waals surface area contributed by atoms with E-state index in [4.69, 9.17) is 10.5 Å². The molecular weight excluding hydrogens is 304 g/mol. The zero-order chi connectivity index (χ0) is 17.1. The Morgan fingerprint density at radius 2 is 2.00 bits per heavy atom. The highest BCUT2D eigenvalue weighted by Gasteiger charge is 2.11. The van der Waals surface area contributed by atoms with Crippen molar-refractivity contribution < 1.29 is 4.74 Å². The van der Waals surface area contributed by atoms with E-state index in [1.807, 2.05) is 54.8 Å². The van der Waals surface area contributed by atoms with Gasteiger partial charge in [-0.15, -0.1) is 0 Å². The van der Waals surface area contributed by atoms with E-state index in [1.165, 1.54) is 0 Å². The molecule has 1 aromatic carbocycles. The Bertz CT molecular complexity index is 892. The fourth-order valence-corrected chi connectivity index (χ4v) is 2.64. The van der Waals surface area contributed by atoms with Crippen molar-refractivity contribution >= 4 is 5.95 Å². The van der Waals surface area contributed by atoms with Crippen molar-refractivity contribution in [1.82, 2.24) is 14.5 Å². The lowest BCUT2D eigenvalue weighted by molar-refractivity contribution is 0.341. The number of nitrogens with two attached hydrogens (primary N) is 1. The van der Waals surface area contributed by atoms with E-state index in [0.29, 0.717) is 30.4 Å². The van der Waals surface area contributed by atoms with E-state index < -0.39 is 0 Å². The molecule has 0 amide bonds. The number of rotatable bonds is 5. The minimum atomic E-state index is -0.156. The third-order valence-corrected chi connectivity index (χ3v) is 3.86. The molecule has 3 N–H and O–H groups in total. The summed E-state index contributed by atoms with van der Waals surface area (Å²) in [4.78, 5) is 19.5. The summed E-state index contributed by atoms with van der Waals surface area (Å²) in [6, 6.07) is 11.2. The van der Waals surface area contributed by atoms with Crippen molar-refractivity contribution in [3.05, 3.63) is 64.3 Å². The van der Waals surface area contributed by atoms with Crippen LogP contribution < -0.4 is 16.0 Å². The summed E-state index contributed by atoms with van der Waals surface area (Å²) in [6.07, 6.45) is 1.71. The fourth-order valence-electron chi connectivity index (χ4n) is 2.64. The van der Waals surface area contributed by atoms with Crippen LogP contribution in [0.25, 0.3) is 11.1 Å². The standard InChI is InChI=1S/C18H20N4O2/c1-3-24-16-7-5-4-6-14(16)15-9-8-13(21-17(15)23)11-22-12(2)10-20-18(22)19/h4-10H,3,11H2,1-2H3,(H2,19,20)(H,21,23). The fraction of sp³-hybridized carbons (Fsp3) is 0.222. The third-order valence-electron chi connectivity index (χ3n) is 3.86. The molecule has 124 valence electrons. The topological polar surface area (TPSA) is 85.9 Å². The molecule has 6 nitrogen and oxygen atoms in total. The number of nitrogen functional groups attached to an aromatic ring is 1. The first-order valence-electron chi connectivity index (χ1n) is 7.82. The Balaban J connectivity index is 1.95. The Kier molecular flexibility index (Phi) is 4.37. The van der Waals surface area contributed by atoms with Gasteiger partial charge in [-0.3, -0.25) is 4.79 Å². The predicted octanol–water partition coefficient (Wildman–Crippen LogP) is 2.58. The lowest BCUT2D eigenvalue weighted by atomic mass is 10.1. The summed E-state index contributed by atoms with van der Waals surface area (Å²) in [5, 5.41) is 0. The first-order valence-corrected chi connectivity index (χ1v) is 7.82. The molecular formula is C18H20N4O2. The molecule has 0 aliphatic rings. The summed E-state index contributed by atoms with van der Waals surface area (Å²) in [5.41, 5.74) is 8.77. The van der Waals surface area contributed by atoms with Crippen LogP contribution >= 0.6 is 0 Å². The Labute approximate surface area is 139 Å². The van der Waals surface area contributed by atoms with Gasteiger partial charge in [0, 0.05) is 17.0 Å². The van der Waals surface area contributed by atoms with Gasteiger partial charge >= 0.3 is 0 Å². The van der Waals surface area contributed by atoms with E-state index in [9.17, 15) is 4.79 Å². The summed E-state index contributed by atoms with van der Waals surface area (Å²) < 4.78 is 7.46. The molecule has 0 unspecified atom stereocenters. The summed E-state index contributed by atoms with van der Waals surface area (Å²) >= 11 is 0. The van der Waals surface area contributed by atoms with Crippen LogP contribution in [0.1, 0.15) is 18.3 Å². The quantitative estimate of drug-likeness (QED) is 0.755. The maximum Gasteiger partial charge on any atom is 0.256 e. The lowest BCUT2D eigenvalue weighted by Gasteiger charge is -2.11. The van der Waals surface area contributed by atoms with Gasteiger partial charge in [0.25, 0.3) is 5.56 Å².